The standard InChI is InChI=1S/C14H9BrCl2N2O/c15-11-4-1-9(2-5-11)14(20)19-18-8-10-3-6-12(16)7-13(10)17/h1-8H,(H,19,20)/b18-8-. The van der Waals surface area contributed by atoms with E-state index in [1.54, 1.807) is 42.5 Å². The van der Waals surface area contributed by atoms with Gasteiger partial charge in [0.05, 0.1) is 11.2 Å². The second kappa shape index (κ2) is 6.88. The molecule has 0 radical (unpaired) electrons. The van der Waals surface area contributed by atoms with E-state index in [0.717, 1.165) is 4.47 Å². The minimum atomic E-state index is -0.293. The lowest BCUT2D eigenvalue weighted by Gasteiger charge is -2.01. The molecule has 3 nitrogen and oxygen atoms in total. The van der Waals surface area contributed by atoms with Crippen molar-refractivity contribution in [3.63, 3.8) is 0 Å². The Hall–Kier alpha value is -1.36. The molecule has 0 unspecified atom stereocenters. The first-order valence-corrected chi connectivity index (χ1v) is 7.15. The lowest BCUT2D eigenvalue weighted by Crippen LogP contribution is -2.17. The highest BCUT2D eigenvalue weighted by molar-refractivity contribution is 9.10. The summed E-state index contributed by atoms with van der Waals surface area (Å²) in [5, 5.41) is 4.89. The number of rotatable bonds is 3. The molecule has 0 spiro atoms. The molecule has 0 bridgehead atoms. The zero-order valence-electron chi connectivity index (χ0n) is 10.1. The van der Waals surface area contributed by atoms with Crippen LogP contribution in [0.1, 0.15) is 15.9 Å². The van der Waals surface area contributed by atoms with E-state index >= 15 is 0 Å². The van der Waals surface area contributed by atoms with Crippen molar-refractivity contribution >= 4 is 51.3 Å². The second-order valence-corrected chi connectivity index (χ2v) is 5.63. The maximum absolute atomic E-state index is 11.8. The van der Waals surface area contributed by atoms with Crippen molar-refractivity contribution in [2.45, 2.75) is 0 Å². The van der Waals surface area contributed by atoms with Crippen LogP contribution in [-0.2, 0) is 0 Å². The Balaban J connectivity index is 2.02. The van der Waals surface area contributed by atoms with Crippen LogP contribution in [-0.4, -0.2) is 12.1 Å². The molecule has 0 aromatic heterocycles. The van der Waals surface area contributed by atoms with Gasteiger partial charge in [-0.2, -0.15) is 5.10 Å². The summed E-state index contributed by atoms with van der Waals surface area (Å²) in [6, 6.07) is 12.0. The fourth-order valence-corrected chi connectivity index (χ4v) is 2.15. The topological polar surface area (TPSA) is 41.5 Å². The molecule has 0 aliphatic rings. The van der Waals surface area contributed by atoms with Crippen molar-refractivity contribution < 1.29 is 4.79 Å². The number of carbonyl (C=O) groups excluding carboxylic acids is 1. The van der Waals surface area contributed by atoms with E-state index in [4.69, 9.17) is 23.2 Å². The Morgan fingerprint density at radius 3 is 2.50 bits per heavy atom. The summed E-state index contributed by atoms with van der Waals surface area (Å²) < 4.78 is 0.908. The Bertz CT molecular complexity index is 657. The molecule has 2 aromatic carbocycles. The molecule has 102 valence electrons. The molecular weight excluding hydrogens is 363 g/mol. The number of nitrogens with zero attached hydrogens (tertiary/aromatic N) is 1. The molecule has 0 saturated heterocycles. The Morgan fingerprint density at radius 2 is 1.85 bits per heavy atom. The van der Waals surface area contributed by atoms with Gasteiger partial charge in [0.2, 0.25) is 0 Å². The Kier molecular flexibility index (Phi) is 5.17. The third-order valence-corrected chi connectivity index (χ3v) is 3.53. The average molecular weight is 372 g/mol. The first-order chi connectivity index (χ1) is 9.56. The zero-order valence-corrected chi connectivity index (χ0v) is 13.2. The second-order valence-electron chi connectivity index (χ2n) is 3.87. The van der Waals surface area contributed by atoms with Crippen LogP contribution in [0, 0.1) is 0 Å². The maximum Gasteiger partial charge on any atom is 0.271 e. The predicted octanol–water partition coefficient (Wildman–Crippen LogP) is 4.52. The number of hydrogen-bond donors (Lipinski definition) is 1. The normalized spacial score (nSPS) is 10.8. The van der Waals surface area contributed by atoms with Gasteiger partial charge in [-0.25, -0.2) is 5.43 Å². The highest BCUT2D eigenvalue weighted by Crippen LogP contribution is 2.19. The van der Waals surface area contributed by atoms with Crippen LogP contribution in [0.2, 0.25) is 10.0 Å². The Morgan fingerprint density at radius 1 is 1.15 bits per heavy atom. The number of benzene rings is 2. The van der Waals surface area contributed by atoms with E-state index in [1.807, 2.05) is 0 Å². The van der Waals surface area contributed by atoms with Crippen LogP contribution in [0.25, 0.3) is 0 Å². The summed E-state index contributed by atoms with van der Waals surface area (Å²) in [7, 11) is 0. The van der Waals surface area contributed by atoms with Gasteiger partial charge in [0, 0.05) is 20.6 Å². The summed E-state index contributed by atoms with van der Waals surface area (Å²) in [5.74, 6) is -0.293. The van der Waals surface area contributed by atoms with Crippen molar-refractivity contribution in [3.8, 4) is 0 Å². The van der Waals surface area contributed by atoms with Gasteiger partial charge in [0.1, 0.15) is 0 Å². The summed E-state index contributed by atoms with van der Waals surface area (Å²) in [6.07, 6.45) is 1.47. The smallest absolute Gasteiger partial charge is 0.267 e. The molecule has 1 amide bonds. The van der Waals surface area contributed by atoms with E-state index in [0.29, 0.717) is 21.2 Å². The third-order valence-electron chi connectivity index (χ3n) is 2.44. The molecule has 6 heteroatoms. The van der Waals surface area contributed by atoms with Gasteiger partial charge >= 0.3 is 0 Å². The van der Waals surface area contributed by atoms with Crippen molar-refractivity contribution in [2.24, 2.45) is 5.10 Å². The van der Waals surface area contributed by atoms with Crippen LogP contribution in [0.15, 0.2) is 52.0 Å². The molecule has 0 atom stereocenters. The molecule has 1 N–H and O–H groups in total. The van der Waals surface area contributed by atoms with Crippen molar-refractivity contribution in [2.75, 3.05) is 0 Å². The number of halogens is 3. The lowest BCUT2D eigenvalue weighted by atomic mass is 10.2. The van der Waals surface area contributed by atoms with Crippen molar-refractivity contribution in [3.05, 3.63) is 68.1 Å². The number of hydrogen-bond acceptors (Lipinski definition) is 2. The molecule has 0 heterocycles. The van der Waals surface area contributed by atoms with E-state index in [9.17, 15) is 4.79 Å². The largest absolute Gasteiger partial charge is 0.271 e. The highest BCUT2D eigenvalue weighted by atomic mass is 79.9. The molecule has 2 rings (SSSR count). The minimum Gasteiger partial charge on any atom is -0.267 e. The summed E-state index contributed by atoms with van der Waals surface area (Å²) >= 11 is 15.1. The fraction of sp³-hybridized carbons (Fsp3) is 0. The summed E-state index contributed by atoms with van der Waals surface area (Å²) in [5.41, 5.74) is 3.63. The molecule has 20 heavy (non-hydrogen) atoms. The monoisotopic (exact) mass is 370 g/mol. The van der Waals surface area contributed by atoms with Gasteiger partial charge in [0.15, 0.2) is 0 Å². The van der Waals surface area contributed by atoms with Gasteiger partial charge in [-0.05, 0) is 36.4 Å². The molecule has 0 fully saturated rings. The van der Waals surface area contributed by atoms with E-state index in [1.165, 1.54) is 6.21 Å². The van der Waals surface area contributed by atoms with Gasteiger partial charge in [-0.1, -0.05) is 45.2 Å². The lowest BCUT2D eigenvalue weighted by molar-refractivity contribution is 0.0955. The summed E-state index contributed by atoms with van der Waals surface area (Å²) in [4.78, 5) is 11.8. The zero-order chi connectivity index (χ0) is 14.5. The van der Waals surface area contributed by atoms with Crippen LogP contribution < -0.4 is 5.43 Å². The van der Waals surface area contributed by atoms with E-state index in [-0.39, 0.29) is 5.91 Å². The number of amides is 1. The quantitative estimate of drug-likeness (QED) is 0.625. The van der Waals surface area contributed by atoms with Gasteiger partial charge in [0.25, 0.3) is 5.91 Å². The SMILES string of the molecule is O=C(N/N=C\c1ccc(Cl)cc1Cl)c1ccc(Br)cc1. The molecule has 0 aliphatic carbocycles. The first-order valence-electron chi connectivity index (χ1n) is 5.60. The maximum atomic E-state index is 11.8. The molecular formula is C14H9BrCl2N2O. The number of hydrazone groups is 1. The van der Waals surface area contributed by atoms with Crippen LogP contribution >= 0.6 is 39.1 Å². The van der Waals surface area contributed by atoms with Gasteiger partial charge in [-0.15, -0.1) is 0 Å². The van der Waals surface area contributed by atoms with E-state index in [2.05, 4.69) is 26.5 Å². The molecule has 0 aliphatic heterocycles. The van der Waals surface area contributed by atoms with Gasteiger partial charge in [-0.3, -0.25) is 4.79 Å². The first kappa shape index (κ1) is 15.0. The van der Waals surface area contributed by atoms with Crippen LogP contribution in [0.3, 0.4) is 0 Å². The molecule has 0 saturated carbocycles. The van der Waals surface area contributed by atoms with Crippen LogP contribution in [0.5, 0.6) is 0 Å². The predicted molar refractivity (Wildman–Crippen MR) is 85.7 cm³/mol. The van der Waals surface area contributed by atoms with Crippen molar-refractivity contribution in [1.82, 2.24) is 5.43 Å². The molecule has 2 aromatic rings. The average Bonchev–Trinajstić information content (AvgIpc) is 2.42. The van der Waals surface area contributed by atoms with E-state index < -0.39 is 0 Å². The highest BCUT2D eigenvalue weighted by Gasteiger charge is 2.03. The Labute approximate surface area is 134 Å². The van der Waals surface area contributed by atoms with Crippen molar-refractivity contribution in [1.29, 1.82) is 0 Å². The van der Waals surface area contributed by atoms with Crippen LogP contribution in [0.4, 0.5) is 0 Å². The minimum absolute atomic E-state index is 0.293. The van der Waals surface area contributed by atoms with Gasteiger partial charge < -0.3 is 0 Å². The number of nitrogens with one attached hydrogen (secondary N) is 1. The fourth-order valence-electron chi connectivity index (χ4n) is 1.43. The number of carbonyl (C=O) groups is 1. The summed E-state index contributed by atoms with van der Waals surface area (Å²) in [6.45, 7) is 0. The third kappa shape index (κ3) is 4.07.